The first-order valence-electron chi connectivity index (χ1n) is 9.75. The van der Waals surface area contributed by atoms with Crippen LogP contribution in [-0.4, -0.2) is 0 Å². The van der Waals surface area contributed by atoms with Crippen molar-refractivity contribution in [1.29, 1.82) is 0 Å². The van der Waals surface area contributed by atoms with E-state index in [0.29, 0.717) is 0 Å². The summed E-state index contributed by atoms with van der Waals surface area (Å²) in [6.45, 7) is 4.63. The predicted molar refractivity (Wildman–Crippen MR) is 114 cm³/mol. The monoisotopic (exact) mass is 338 g/mol. The van der Waals surface area contributed by atoms with Gasteiger partial charge in [0.25, 0.3) is 0 Å². The molecule has 130 valence electrons. The van der Waals surface area contributed by atoms with Crippen molar-refractivity contribution in [3.8, 4) is 0 Å². The van der Waals surface area contributed by atoms with Crippen LogP contribution in [0.15, 0.2) is 84.9 Å². The Morgan fingerprint density at radius 2 is 1.04 bits per heavy atom. The molecule has 0 bridgehead atoms. The van der Waals surface area contributed by atoms with E-state index in [4.69, 9.17) is 0 Å². The molecule has 0 aromatic heterocycles. The molecule has 0 aliphatic rings. The van der Waals surface area contributed by atoms with Crippen LogP contribution in [0, 0.1) is 0 Å². The van der Waals surface area contributed by atoms with Gasteiger partial charge in [-0.1, -0.05) is 105 Å². The molecule has 4 aromatic rings. The lowest BCUT2D eigenvalue weighted by atomic mass is 9.69. The highest BCUT2D eigenvalue weighted by Crippen LogP contribution is 2.41. The van der Waals surface area contributed by atoms with Gasteiger partial charge in [-0.3, -0.25) is 0 Å². The minimum atomic E-state index is 0.0722. The van der Waals surface area contributed by atoms with Crippen LogP contribution in [0.5, 0.6) is 0 Å². The van der Waals surface area contributed by atoms with Crippen molar-refractivity contribution in [3.63, 3.8) is 0 Å². The maximum Gasteiger partial charge on any atom is 0.0200 e. The molecule has 0 heteroatoms. The summed E-state index contributed by atoms with van der Waals surface area (Å²) in [6, 6.07) is 31.4. The fraction of sp³-hybridized carbons (Fsp3) is 0.231. The van der Waals surface area contributed by atoms with Crippen molar-refractivity contribution < 1.29 is 0 Å². The van der Waals surface area contributed by atoms with Crippen LogP contribution in [0.1, 0.15) is 44.2 Å². The van der Waals surface area contributed by atoms with Crippen molar-refractivity contribution in [3.05, 3.63) is 96.1 Å². The molecule has 4 rings (SSSR count). The van der Waals surface area contributed by atoms with Gasteiger partial charge in [0.1, 0.15) is 0 Å². The van der Waals surface area contributed by atoms with Crippen molar-refractivity contribution in [2.24, 2.45) is 0 Å². The van der Waals surface area contributed by atoms with Crippen LogP contribution in [0.25, 0.3) is 21.5 Å². The van der Waals surface area contributed by atoms with Gasteiger partial charge in [0.2, 0.25) is 0 Å². The first kappa shape index (κ1) is 16.8. The highest BCUT2D eigenvalue weighted by atomic mass is 14.3. The molecule has 0 nitrogen and oxygen atoms in total. The number of hydrogen-bond donors (Lipinski definition) is 0. The van der Waals surface area contributed by atoms with Gasteiger partial charge in [0, 0.05) is 5.41 Å². The third-order valence-electron chi connectivity index (χ3n) is 5.88. The van der Waals surface area contributed by atoms with E-state index in [0.717, 1.165) is 6.42 Å². The summed E-state index contributed by atoms with van der Waals surface area (Å²) in [5, 5.41) is 5.30. The molecular weight excluding hydrogens is 312 g/mol. The van der Waals surface area contributed by atoms with Crippen LogP contribution < -0.4 is 0 Å². The van der Waals surface area contributed by atoms with Crippen LogP contribution >= 0.6 is 0 Å². The Labute approximate surface area is 156 Å². The van der Waals surface area contributed by atoms with E-state index in [1.54, 1.807) is 0 Å². The maximum atomic E-state index is 2.41. The van der Waals surface area contributed by atoms with Gasteiger partial charge in [0.15, 0.2) is 0 Å². The zero-order valence-corrected chi connectivity index (χ0v) is 15.7. The second kappa shape index (κ2) is 6.96. The zero-order valence-electron chi connectivity index (χ0n) is 15.7. The second-order valence-corrected chi connectivity index (χ2v) is 7.31. The lowest BCUT2D eigenvalue weighted by molar-refractivity contribution is 0.451. The van der Waals surface area contributed by atoms with Gasteiger partial charge < -0.3 is 0 Å². The lowest BCUT2D eigenvalue weighted by Crippen LogP contribution is -2.26. The van der Waals surface area contributed by atoms with Gasteiger partial charge in [0.05, 0.1) is 0 Å². The van der Waals surface area contributed by atoms with E-state index in [1.165, 1.54) is 45.5 Å². The predicted octanol–water partition coefficient (Wildman–Crippen LogP) is 7.49. The first-order chi connectivity index (χ1) is 12.8. The number of rotatable bonds is 5. The molecule has 0 aliphatic heterocycles. The molecular formula is C26H26. The molecule has 0 spiro atoms. The Balaban J connectivity index is 1.93. The number of fused-ring (bicyclic) bond motifs is 2. The summed E-state index contributed by atoms with van der Waals surface area (Å²) < 4.78 is 0. The zero-order chi connectivity index (χ0) is 18.0. The highest BCUT2D eigenvalue weighted by molar-refractivity contribution is 5.85. The Bertz CT molecular complexity index is 962. The normalized spacial score (nSPS) is 11.9. The molecule has 0 amide bonds. The fourth-order valence-corrected chi connectivity index (χ4v) is 4.44. The van der Waals surface area contributed by atoms with Crippen molar-refractivity contribution >= 4 is 21.5 Å². The quantitative estimate of drug-likeness (QED) is 0.353. The van der Waals surface area contributed by atoms with E-state index < -0.39 is 0 Å². The Kier molecular flexibility index (Phi) is 4.51. The Morgan fingerprint density at radius 1 is 0.577 bits per heavy atom. The summed E-state index contributed by atoms with van der Waals surface area (Å²) >= 11 is 0. The molecule has 0 aliphatic carbocycles. The molecule has 0 unspecified atom stereocenters. The molecule has 0 radical (unpaired) electrons. The fourth-order valence-electron chi connectivity index (χ4n) is 4.44. The van der Waals surface area contributed by atoms with E-state index in [2.05, 4.69) is 98.8 Å². The standard InChI is InChI=1S/C26H26/c1-3-17-26(4-2,24-15-13-20-9-5-7-11-22(20)18-24)25-16-14-21-10-6-8-12-23(21)19-25/h5-16,18-19H,3-4,17H2,1-2H3. The van der Waals surface area contributed by atoms with Gasteiger partial charge in [-0.25, -0.2) is 0 Å². The third-order valence-corrected chi connectivity index (χ3v) is 5.88. The maximum absolute atomic E-state index is 2.41. The van der Waals surface area contributed by atoms with Crippen LogP contribution in [0.4, 0.5) is 0 Å². The van der Waals surface area contributed by atoms with E-state index in [1.807, 2.05) is 0 Å². The average Bonchev–Trinajstić information content (AvgIpc) is 2.71. The largest absolute Gasteiger partial charge is 0.0653 e. The van der Waals surface area contributed by atoms with Crippen LogP contribution in [0.2, 0.25) is 0 Å². The molecule has 0 atom stereocenters. The first-order valence-corrected chi connectivity index (χ1v) is 9.75. The number of benzene rings is 4. The Morgan fingerprint density at radius 3 is 1.46 bits per heavy atom. The summed E-state index contributed by atoms with van der Waals surface area (Å²) in [6.07, 6.45) is 3.45. The van der Waals surface area contributed by atoms with Crippen molar-refractivity contribution in [2.45, 2.75) is 38.5 Å². The summed E-state index contributed by atoms with van der Waals surface area (Å²) in [4.78, 5) is 0. The summed E-state index contributed by atoms with van der Waals surface area (Å²) in [7, 11) is 0. The minimum absolute atomic E-state index is 0.0722. The number of hydrogen-bond acceptors (Lipinski definition) is 0. The van der Waals surface area contributed by atoms with E-state index in [-0.39, 0.29) is 5.41 Å². The molecule has 0 saturated heterocycles. The third kappa shape index (κ3) is 2.80. The molecule has 0 fully saturated rings. The molecule has 0 N–H and O–H groups in total. The lowest BCUT2D eigenvalue weighted by Gasteiger charge is -2.35. The van der Waals surface area contributed by atoms with E-state index in [9.17, 15) is 0 Å². The Hall–Kier alpha value is -2.60. The molecule has 26 heavy (non-hydrogen) atoms. The van der Waals surface area contributed by atoms with E-state index >= 15 is 0 Å². The molecule has 0 saturated carbocycles. The van der Waals surface area contributed by atoms with Gasteiger partial charge in [-0.05, 0) is 45.5 Å². The van der Waals surface area contributed by atoms with Gasteiger partial charge in [-0.15, -0.1) is 0 Å². The van der Waals surface area contributed by atoms with Crippen LogP contribution in [0.3, 0.4) is 0 Å². The SMILES string of the molecule is CCCC(CC)(c1ccc2ccccc2c1)c1ccc2ccccc2c1. The minimum Gasteiger partial charge on any atom is -0.0653 e. The topological polar surface area (TPSA) is 0 Å². The van der Waals surface area contributed by atoms with Crippen molar-refractivity contribution in [2.75, 3.05) is 0 Å². The second-order valence-electron chi connectivity index (χ2n) is 7.31. The van der Waals surface area contributed by atoms with Crippen LogP contribution in [-0.2, 0) is 5.41 Å². The smallest absolute Gasteiger partial charge is 0.0200 e. The average molecular weight is 338 g/mol. The summed E-state index contributed by atoms with van der Waals surface area (Å²) in [5.41, 5.74) is 2.95. The van der Waals surface area contributed by atoms with Crippen molar-refractivity contribution in [1.82, 2.24) is 0 Å². The highest BCUT2D eigenvalue weighted by Gasteiger charge is 2.31. The van der Waals surface area contributed by atoms with Gasteiger partial charge >= 0.3 is 0 Å². The molecule has 0 heterocycles. The summed E-state index contributed by atoms with van der Waals surface area (Å²) in [5.74, 6) is 0. The van der Waals surface area contributed by atoms with Gasteiger partial charge in [-0.2, -0.15) is 0 Å². The molecule has 4 aromatic carbocycles.